The molecule has 22 heavy (non-hydrogen) atoms. The lowest BCUT2D eigenvalue weighted by Gasteiger charge is -2.28. The summed E-state index contributed by atoms with van der Waals surface area (Å²) in [7, 11) is 0. The van der Waals surface area contributed by atoms with Gasteiger partial charge in [-0.2, -0.15) is 0 Å². The molecule has 0 spiro atoms. The second-order valence-electron chi connectivity index (χ2n) is 5.63. The van der Waals surface area contributed by atoms with Crippen LogP contribution in [0.25, 0.3) is 10.2 Å². The summed E-state index contributed by atoms with van der Waals surface area (Å²) >= 11 is 1.51. The second-order valence-corrected chi connectivity index (χ2v) is 6.64. The van der Waals surface area contributed by atoms with E-state index in [2.05, 4.69) is 15.6 Å². The fourth-order valence-electron chi connectivity index (χ4n) is 3.34. The highest BCUT2D eigenvalue weighted by Gasteiger charge is 2.42. The number of hydrogen-bond donors (Lipinski definition) is 2. The van der Waals surface area contributed by atoms with Crippen molar-refractivity contribution in [2.75, 3.05) is 24.8 Å². The van der Waals surface area contributed by atoms with Crippen LogP contribution in [0.3, 0.4) is 0 Å². The van der Waals surface area contributed by atoms with Gasteiger partial charge in [-0.3, -0.25) is 4.90 Å². The molecule has 3 aliphatic heterocycles. The fourth-order valence-corrected chi connectivity index (χ4v) is 4.36. The minimum atomic E-state index is -0.0634. The summed E-state index contributed by atoms with van der Waals surface area (Å²) in [6.07, 6.45) is 0.949. The Labute approximate surface area is 130 Å². The summed E-state index contributed by atoms with van der Waals surface area (Å²) in [5.74, 6) is 1.39. The molecule has 114 valence electrons. The standard InChI is InChI=1S/C14H14N4O3S/c19-13-16-7-3-4-15-5-8(7)18(13)14-17-11-10(22-14)2-1-9-12(11)21-6-20-9/h1-2,7-8,15H,3-6H2,(H,16,19)/t7?,8-/m1/s1. The zero-order chi connectivity index (χ0) is 14.7. The molecule has 2 amide bonds. The van der Waals surface area contributed by atoms with Crippen molar-refractivity contribution in [3.8, 4) is 11.5 Å². The molecule has 3 aliphatic rings. The van der Waals surface area contributed by atoms with E-state index < -0.39 is 0 Å². The van der Waals surface area contributed by atoms with Crippen molar-refractivity contribution >= 4 is 32.7 Å². The van der Waals surface area contributed by atoms with Crippen LogP contribution >= 0.6 is 11.3 Å². The Balaban J connectivity index is 1.60. The van der Waals surface area contributed by atoms with Gasteiger partial charge in [-0.15, -0.1) is 0 Å². The van der Waals surface area contributed by atoms with Crippen LogP contribution in [0.5, 0.6) is 11.5 Å². The predicted molar refractivity (Wildman–Crippen MR) is 81.8 cm³/mol. The molecule has 2 fully saturated rings. The van der Waals surface area contributed by atoms with Crippen LogP contribution in [-0.4, -0.2) is 43.0 Å². The van der Waals surface area contributed by atoms with Crippen molar-refractivity contribution in [3.05, 3.63) is 12.1 Å². The molecular formula is C14H14N4O3S. The van der Waals surface area contributed by atoms with Crippen molar-refractivity contribution in [2.24, 2.45) is 0 Å². The lowest BCUT2D eigenvalue weighted by molar-refractivity contribution is 0.174. The largest absolute Gasteiger partial charge is 0.454 e. The molecule has 0 aliphatic carbocycles. The normalized spacial score (nSPS) is 26.4. The summed E-state index contributed by atoms with van der Waals surface area (Å²) in [5, 5.41) is 7.12. The van der Waals surface area contributed by atoms with Crippen LogP contribution in [0.4, 0.5) is 9.93 Å². The highest BCUT2D eigenvalue weighted by atomic mass is 32.1. The van der Waals surface area contributed by atoms with E-state index in [1.807, 2.05) is 12.1 Å². The van der Waals surface area contributed by atoms with Gasteiger partial charge >= 0.3 is 6.03 Å². The molecule has 8 heteroatoms. The average molecular weight is 318 g/mol. The number of hydrogen-bond acceptors (Lipinski definition) is 6. The number of anilines is 1. The number of nitrogens with zero attached hydrogens (tertiary/aromatic N) is 2. The van der Waals surface area contributed by atoms with Crippen LogP contribution in [-0.2, 0) is 0 Å². The first kappa shape index (κ1) is 12.5. The van der Waals surface area contributed by atoms with Crippen LogP contribution in [0.2, 0.25) is 0 Å². The maximum Gasteiger partial charge on any atom is 0.324 e. The molecule has 0 saturated carbocycles. The highest BCUT2D eigenvalue weighted by molar-refractivity contribution is 7.22. The number of rotatable bonds is 1. The molecule has 0 radical (unpaired) electrons. The van der Waals surface area contributed by atoms with Gasteiger partial charge in [0.05, 0.1) is 16.8 Å². The Morgan fingerprint density at radius 2 is 2.32 bits per heavy atom. The van der Waals surface area contributed by atoms with E-state index in [9.17, 15) is 4.79 Å². The van der Waals surface area contributed by atoms with E-state index in [1.54, 1.807) is 4.90 Å². The number of aromatic nitrogens is 1. The van der Waals surface area contributed by atoms with Gasteiger partial charge in [0.15, 0.2) is 16.6 Å². The number of amides is 2. The Morgan fingerprint density at radius 3 is 3.27 bits per heavy atom. The van der Waals surface area contributed by atoms with Crippen LogP contribution in [0.15, 0.2) is 12.1 Å². The van der Waals surface area contributed by atoms with E-state index in [4.69, 9.17) is 9.47 Å². The molecule has 7 nitrogen and oxygen atoms in total. The number of carbonyl (C=O) groups excluding carboxylic acids is 1. The Bertz CT molecular complexity index is 777. The first-order chi connectivity index (χ1) is 10.8. The average Bonchev–Trinajstić information content (AvgIpc) is 3.20. The molecule has 2 saturated heterocycles. The van der Waals surface area contributed by atoms with Crippen LogP contribution < -0.4 is 25.0 Å². The van der Waals surface area contributed by atoms with Gasteiger partial charge in [0, 0.05) is 6.54 Å². The topological polar surface area (TPSA) is 75.7 Å². The van der Waals surface area contributed by atoms with Gasteiger partial charge in [-0.05, 0) is 25.1 Å². The quantitative estimate of drug-likeness (QED) is 0.828. The SMILES string of the molecule is O=C1NC2CCNC[C@H]2N1c1nc2c3c(ccc2s1)OCO3. The molecule has 2 N–H and O–H groups in total. The lowest BCUT2D eigenvalue weighted by Crippen LogP contribution is -2.49. The zero-order valence-corrected chi connectivity index (χ0v) is 12.5. The Kier molecular flexibility index (Phi) is 2.53. The van der Waals surface area contributed by atoms with Crippen molar-refractivity contribution < 1.29 is 14.3 Å². The number of piperidine rings is 1. The van der Waals surface area contributed by atoms with Gasteiger partial charge in [0.25, 0.3) is 0 Å². The van der Waals surface area contributed by atoms with Gasteiger partial charge in [-0.1, -0.05) is 11.3 Å². The molecule has 2 atom stereocenters. The molecular weight excluding hydrogens is 304 g/mol. The minimum absolute atomic E-state index is 0.0634. The maximum absolute atomic E-state index is 12.3. The molecule has 5 rings (SSSR count). The van der Waals surface area contributed by atoms with E-state index >= 15 is 0 Å². The van der Waals surface area contributed by atoms with Gasteiger partial charge < -0.3 is 20.1 Å². The van der Waals surface area contributed by atoms with Crippen molar-refractivity contribution in [3.63, 3.8) is 0 Å². The number of fused-ring (bicyclic) bond motifs is 4. The van der Waals surface area contributed by atoms with Gasteiger partial charge in [0.2, 0.25) is 6.79 Å². The van der Waals surface area contributed by atoms with Crippen molar-refractivity contribution in [1.29, 1.82) is 0 Å². The molecule has 1 aromatic heterocycles. The monoisotopic (exact) mass is 318 g/mol. The zero-order valence-electron chi connectivity index (χ0n) is 11.7. The summed E-state index contributed by atoms with van der Waals surface area (Å²) in [5.41, 5.74) is 0.773. The van der Waals surface area contributed by atoms with E-state index in [1.165, 1.54) is 11.3 Å². The summed E-state index contributed by atoms with van der Waals surface area (Å²) in [4.78, 5) is 18.8. The van der Waals surface area contributed by atoms with Gasteiger partial charge in [0.1, 0.15) is 5.52 Å². The van der Waals surface area contributed by atoms with Gasteiger partial charge in [-0.25, -0.2) is 9.78 Å². The fraction of sp³-hybridized carbons (Fsp3) is 0.429. The molecule has 0 bridgehead atoms. The second kappa shape index (κ2) is 4.47. The molecule has 1 aromatic carbocycles. The van der Waals surface area contributed by atoms with Crippen LogP contribution in [0, 0.1) is 0 Å². The number of carbonyl (C=O) groups is 1. The third kappa shape index (κ3) is 1.65. The van der Waals surface area contributed by atoms with E-state index in [-0.39, 0.29) is 24.9 Å². The van der Waals surface area contributed by atoms with Crippen molar-refractivity contribution in [2.45, 2.75) is 18.5 Å². The Morgan fingerprint density at radius 1 is 1.36 bits per heavy atom. The first-order valence-electron chi connectivity index (χ1n) is 7.31. The smallest absolute Gasteiger partial charge is 0.324 e. The van der Waals surface area contributed by atoms with Crippen LogP contribution in [0.1, 0.15) is 6.42 Å². The summed E-state index contributed by atoms with van der Waals surface area (Å²) in [6, 6.07) is 4.11. The number of thiazole rings is 1. The number of ether oxygens (including phenoxy) is 2. The van der Waals surface area contributed by atoms with Crippen molar-refractivity contribution in [1.82, 2.24) is 15.6 Å². The third-order valence-electron chi connectivity index (χ3n) is 4.40. The molecule has 2 aromatic rings. The number of urea groups is 1. The molecule has 4 heterocycles. The minimum Gasteiger partial charge on any atom is -0.454 e. The van der Waals surface area contributed by atoms with E-state index in [0.717, 1.165) is 29.7 Å². The number of benzene rings is 1. The third-order valence-corrected chi connectivity index (χ3v) is 5.42. The van der Waals surface area contributed by atoms with E-state index in [0.29, 0.717) is 16.6 Å². The summed E-state index contributed by atoms with van der Waals surface area (Å²) in [6.45, 7) is 1.95. The predicted octanol–water partition coefficient (Wildman–Crippen LogP) is 1.29. The highest BCUT2D eigenvalue weighted by Crippen LogP contribution is 2.43. The Hall–Kier alpha value is -2.06. The number of nitrogens with one attached hydrogen (secondary N) is 2. The molecule has 1 unspecified atom stereocenters. The first-order valence-corrected chi connectivity index (χ1v) is 8.12. The summed E-state index contributed by atoms with van der Waals surface area (Å²) < 4.78 is 11.9. The lowest BCUT2D eigenvalue weighted by atomic mass is 10.0. The maximum atomic E-state index is 12.3.